The molecule has 0 aliphatic carbocycles. The zero-order valence-electron chi connectivity index (χ0n) is 23.4. The topological polar surface area (TPSA) is 132 Å². The Balaban J connectivity index is 2.79. The highest BCUT2D eigenvalue weighted by Crippen LogP contribution is 2.45. The van der Waals surface area contributed by atoms with Crippen LogP contribution in [0.1, 0.15) is 43.5 Å². The number of methoxy groups -OCH3 is 2. The molecule has 1 aromatic rings. The molecule has 3 unspecified atom stereocenters. The molecule has 0 saturated carbocycles. The number of hydrogen-bond acceptors (Lipinski definition) is 7. The van der Waals surface area contributed by atoms with Crippen molar-refractivity contribution in [3.63, 3.8) is 0 Å². The second-order valence-electron chi connectivity index (χ2n) is 9.82. The number of halogens is 6. The maximum absolute atomic E-state index is 13.2. The van der Waals surface area contributed by atoms with Crippen molar-refractivity contribution in [1.82, 2.24) is 10.6 Å². The molecule has 15 heteroatoms. The minimum Gasteiger partial charge on any atom is -0.493 e. The summed E-state index contributed by atoms with van der Waals surface area (Å²) in [5.74, 6) is -3.01. The van der Waals surface area contributed by atoms with Gasteiger partial charge in [0.1, 0.15) is 5.75 Å². The van der Waals surface area contributed by atoms with Crippen LogP contribution in [0.25, 0.3) is 0 Å². The highest BCUT2D eigenvalue weighted by Gasteiger charge is 2.77. The molecule has 0 saturated heterocycles. The summed E-state index contributed by atoms with van der Waals surface area (Å²) in [5.41, 5.74) is 1.15. The number of alkyl halides is 6. The molecule has 0 aromatic heterocycles. The van der Waals surface area contributed by atoms with Gasteiger partial charge in [0.25, 0.3) is 11.8 Å². The van der Waals surface area contributed by atoms with Gasteiger partial charge in [-0.15, -0.1) is 0 Å². The van der Waals surface area contributed by atoms with Crippen molar-refractivity contribution in [2.24, 2.45) is 17.6 Å². The average molecular weight is 604 g/mol. The van der Waals surface area contributed by atoms with E-state index in [9.17, 15) is 41.0 Å². The summed E-state index contributed by atoms with van der Waals surface area (Å²) in [6, 6.07) is 5.47. The normalized spacial score (nSPS) is 14.9. The standard InChI is InChI=1S/C26H39F6N3O6/c1-16(2)17(14-34-22(37)18-9-5-6-10-21(18)41-12-8-7-11-39-3)13-19(33)20(36)15-35-23(38)24(40-4,25(27,28)29)26(30,31)32/h5-6,9-10,16-17,19-20,36H,7-8,11-15,33H2,1-4H3,(H,34,37)(H,35,38). The number of unbranched alkanes of at least 4 members (excludes halogenated alkanes) is 1. The maximum atomic E-state index is 13.2. The third kappa shape index (κ3) is 10.0. The summed E-state index contributed by atoms with van der Waals surface area (Å²) >= 11 is 0. The number of benzene rings is 1. The van der Waals surface area contributed by atoms with E-state index in [1.165, 1.54) is 5.32 Å². The van der Waals surface area contributed by atoms with E-state index in [4.69, 9.17) is 15.2 Å². The van der Waals surface area contributed by atoms with Crippen molar-refractivity contribution < 1.29 is 55.2 Å². The van der Waals surface area contributed by atoms with Crippen LogP contribution in [0.4, 0.5) is 26.3 Å². The van der Waals surface area contributed by atoms with Gasteiger partial charge in [0.05, 0.1) is 18.3 Å². The smallest absolute Gasteiger partial charge is 0.435 e. The van der Waals surface area contributed by atoms with Gasteiger partial charge in [0, 0.05) is 40.0 Å². The highest BCUT2D eigenvalue weighted by molar-refractivity contribution is 5.96. The van der Waals surface area contributed by atoms with Crippen molar-refractivity contribution in [3.8, 4) is 5.75 Å². The molecule has 0 aliphatic heterocycles. The van der Waals surface area contributed by atoms with Crippen LogP contribution < -0.4 is 21.1 Å². The molecule has 0 bridgehead atoms. The Hall–Kier alpha value is -2.62. The lowest BCUT2D eigenvalue weighted by Gasteiger charge is -2.34. The van der Waals surface area contributed by atoms with Crippen LogP contribution in [0.15, 0.2) is 24.3 Å². The largest absolute Gasteiger partial charge is 0.493 e. The van der Waals surface area contributed by atoms with Crippen LogP contribution in [-0.4, -0.2) is 87.5 Å². The van der Waals surface area contributed by atoms with Gasteiger partial charge in [-0.25, -0.2) is 0 Å². The van der Waals surface area contributed by atoms with Crippen molar-refractivity contribution in [3.05, 3.63) is 29.8 Å². The molecule has 3 atom stereocenters. The fraction of sp³-hybridized carbons (Fsp3) is 0.692. The molecular formula is C26H39F6N3O6. The molecule has 0 heterocycles. The second-order valence-corrected chi connectivity index (χ2v) is 9.82. The van der Waals surface area contributed by atoms with Crippen LogP contribution in [0.3, 0.4) is 0 Å². The number of rotatable bonds is 17. The number of amides is 2. The number of hydrogen-bond donors (Lipinski definition) is 4. The molecule has 0 spiro atoms. The number of nitrogens with two attached hydrogens (primary N) is 1. The van der Waals surface area contributed by atoms with Gasteiger partial charge in [0.15, 0.2) is 0 Å². The summed E-state index contributed by atoms with van der Waals surface area (Å²) in [7, 11) is 1.70. The Morgan fingerprint density at radius 1 is 0.951 bits per heavy atom. The first kappa shape index (κ1) is 36.4. The van der Waals surface area contributed by atoms with E-state index < -0.39 is 48.5 Å². The summed E-state index contributed by atoms with van der Waals surface area (Å²) in [6.45, 7) is 3.69. The van der Waals surface area contributed by atoms with Crippen molar-refractivity contribution >= 4 is 11.8 Å². The molecule has 1 rings (SSSR count). The summed E-state index contributed by atoms with van der Waals surface area (Å²) in [4.78, 5) is 24.9. The van der Waals surface area contributed by atoms with Gasteiger partial charge < -0.3 is 35.7 Å². The molecule has 1 aromatic carbocycles. The lowest BCUT2D eigenvalue weighted by Crippen LogP contribution is -2.67. The third-order valence-electron chi connectivity index (χ3n) is 6.56. The Labute approximate surface area is 235 Å². The monoisotopic (exact) mass is 603 g/mol. The van der Waals surface area contributed by atoms with Crippen LogP contribution in [0.2, 0.25) is 0 Å². The van der Waals surface area contributed by atoms with Crippen molar-refractivity contribution in [1.29, 1.82) is 0 Å². The van der Waals surface area contributed by atoms with Crippen molar-refractivity contribution in [2.45, 2.75) is 63.2 Å². The minimum atomic E-state index is -6.12. The van der Waals surface area contributed by atoms with Gasteiger partial charge >= 0.3 is 18.0 Å². The van der Waals surface area contributed by atoms with Gasteiger partial charge in [-0.05, 0) is 43.2 Å². The van der Waals surface area contributed by atoms with Crippen molar-refractivity contribution in [2.75, 3.05) is 40.5 Å². The average Bonchev–Trinajstić information content (AvgIpc) is 2.88. The molecular weight excluding hydrogens is 564 g/mol. The maximum Gasteiger partial charge on any atom is 0.435 e. The molecule has 236 valence electrons. The van der Waals surface area contributed by atoms with E-state index >= 15 is 0 Å². The Morgan fingerprint density at radius 2 is 1.54 bits per heavy atom. The first-order chi connectivity index (χ1) is 19.0. The zero-order valence-corrected chi connectivity index (χ0v) is 23.4. The quantitative estimate of drug-likeness (QED) is 0.159. The Morgan fingerprint density at radius 3 is 2.07 bits per heavy atom. The Kier molecular flexibility index (Phi) is 14.3. The zero-order chi connectivity index (χ0) is 31.4. The highest BCUT2D eigenvalue weighted by atomic mass is 19.4. The van der Waals surface area contributed by atoms with E-state index in [1.807, 2.05) is 13.8 Å². The Bertz CT molecular complexity index is 946. The molecule has 0 fully saturated rings. The SMILES string of the molecule is COCCCCOc1ccccc1C(=O)NCC(CC(N)C(O)CNC(=O)C(OC)(C(F)(F)F)C(F)(F)F)C(C)C. The number of carbonyl (C=O) groups excluding carboxylic acids is 2. The first-order valence-electron chi connectivity index (χ1n) is 12.9. The van der Waals surface area contributed by atoms with Gasteiger partial charge in [-0.3, -0.25) is 9.59 Å². The molecule has 41 heavy (non-hydrogen) atoms. The summed E-state index contributed by atoms with van der Waals surface area (Å²) in [6.07, 6.45) is -12.4. The van der Waals surface area contributed by atoms with Gasteiger partial charge in [0.2, 0.25) is 0 Å². The number of ether oxygens (including phenoxy) is 3. The number of aliphatic hydroxyl groups excluding tert-OH is 1. The van der Waals surface area contributed by atoms with E-state index in [0.717, 1.165) is 12.8 Å². The van der Waals surface area contributed by atoms with Crippen LogP contribution in [0, 0.1) is 11.8 Å². The van der Waals surface area contributed by atoms with E-state index in [0.29, 0.717) is 24.5 Å². The van der Waals surface area contributed by atoms with Crippen LogP contribution >= 0.6 is 0 Å². The lowest BCUT2D eigenvalue weighted by molar-refractivity contribution is -0.357. The van der Waals surface area contributed by atoms with Gasteiger partial charge in [-0.1, -0.05) is 26.0 Å². The molecule has 0 radical (unpaired) electrons. The summed E-state index contributed by atoms with van der Waals surface area (Å²) in [5, 5.41) is 14.5. The minimum absolute atomic E-state index is 0.0284. The van der Waals surface area contributed by atoms with E-state index in [-0.39, 0.29) is 31.9 Å². The summed E-state index contributed by atoms with van der Waals surface area (Å²) < 4.78 is 93.7. The fourth-order valence-electron chi connectivity index (χ4n) is 3.94. The predicted octanol–water partition coefficient (Wildman–Crippen LogP) is 3.20. The first-order valence-corrected chi connectivity index (χ1v) is 12.9. The molecule has 2 amide bonds. The number of nitrogens with one attached hydrogen (secondary N) is 2. The van der Waals surface area contributed by atoms with Gasteiger partial charge in [-0.2, -0.15) is 26.3 Å². The third-order valence-corrected chi connectivity index (χ3v) is 6.56. The fourth-order valence-corrected chi connectivity index (χ4v) is 3.94. The number of aliphatic hydroxyl groups is 1. The van der Waals surface area contributed by atoms with Crippen LogP contribution in [0.5, 0.6) is 5.75 Å². The molecule has 9 nitrogen and oxygen atoms in total. The van der Waals surface area contributed by atoms with E-state index in [1.54, 1.807) is 31.4 Å². The molecule has 5 N–H and O–H groups in total. The lowest BCUT2D eigenvalue weighted by atomic mass is 9.87. The number of para-hydroxylation sites is 1. The molecule has 0 aliphatic rings. The van der Waals surface area contributed by atoms with Crippen LogP contribution in [-0.2, 0) is 14.3 Å². The number of carbonyl (C=O) groups is 2. The van der Waals surface area contributed by atoms with E-state index in [2.05, 4.69) is 10.1 Å². The predicted molar refractivity (Wildman–Crippen MR) is 137 cm³/mol. The second kappa shape index (κ2) is 16.1.